The average Bonchev–Trinajstić information content (AvgIpc) is 1.95. The normalized spacial score (nSPS) is 14.3. The highest BCUT2D eigenvalue weighted by atomic mass is 127. The van der Waals surface area contributed by atoms with Gasteiger partial charge in [0.25, 0.3) is 0 Å². The van der Waals surface area contributed by atoms with E-state index in [4.69, 9.17) is 4.43 Å². The first-order valence-corrected chi connectivity index (χ1v) is 9.27. The standard InChI is InChI=1S/C9H19IOSi/c1-5-6-7-9(8-10)11-12(2,3)4/h5,9H,1,6-8H2,2-4H3. The van der Waals surface area contributed by atoms with Crippen molar-refractivity contribution < 1.29 is 4.43 Å². The van der Waals surface area contributed by atoms with Gasteiger partial charge in [0, 0.05) is 4.43 Å². The molecule has 0 aromatic heterocycles. The van der Waals surface area contributed by atoms with E-state index < -0.39 is 8.32 Å². The second-order valence-corrected chi connectivity index (χ2v) is 9.21. The molecule has 0 aliphatic rings. The Kier molecular flexibility index (Phi) is 6.49. The lowest BCUT2D eigenvalue weighted by molar-refractivity contribution is 0.212. The minimum atomic E-state index is -1.33. The fraction of sp³-hybridized carbons (Fsp3) is 0.778. The van der Waals surface area contributed by atoms with Crippen molar-refractivity contribution in [3.63, 3.8) is 0 Å². The van der Waals surface area contributed by atoms with Gasteiger partial charge in [-0.25, -0.2) is 0 Å². The fourth-order valence-corrected chi connectivity index (χ4v) is 3.13. The number of hydrogen-bond acceptors (Lipinski definition) is 1. The average molecular weight is 298 g/mol. The number of allylic oxidation sites excluding steroid dienone is 1. The van der Waals surface area contributed by atoms with E-state index in [1.54, 1.807) is 0 Å². The van der Waals surface area contributed by atoms with E-state index in [1.165, 1.54) is 0 Å². The van der Waals surface area contributed by atoms with Gasteiger partial charge in [0.1, 0.15) is 0 Å². The fourth-order valence-electron chi connectivity index (χ4n) is 0.971. The van der Waals surface area contributed by atoms with E-state index in [0.717, 1.165) is 17.3 Å². The van der Waals surface area contributed by atoms with E-state index in [1.807, 2.05) is 6.08 Å². The number of halogens is 1. The lowest BCUT2D eigenvalue weighted by Crippen LogP contribution is -2.32. The SMILES string of the molecule is C=CCCC(CI)O[Si](C)(C)C. The van der Waals surface area contributed by atoms with Gasteiger partial charge >= 0.3 is 0 Å². The van der Waals surface area contributed by atoms with Crippen molar-refractivity contribution in [1.29, 1.82) is 0 Å². The quantitative estimate of drug-likeness (QED) is 0.315. The molecular weight excluding hydrogens is 279 g/mol. The summed E-state index contributed by atoms with van der Waals surface area (Å²) in [6.07, 6.45) is 4.59. The van der Waals surface area contributed by atoms with Crippen LogP contribution in [0.1, 0.15) is 12.8 Å². The van der Waals surface area contributed by atoms with E-state index >= 15 is 0 Å². The van der Waals surface area contributed by atoms with Crippen molar-refractivity contribution in [2.24, 2.45) is 0 Å². The van der Waals surface area contributed by atoms with Crippen LogP contribution < -0.4 is 0 Å². The van der Waals surface area contributed by atoms with Gasteiger partial charge in [0.15, 0.2) is 8.32 Å². The minimum absolute atomic E-state index is 0.440. The Bertz CT molecular complexity index is 131. The van der Waals surface area contributed by atoms with Crippen LogP contribution >= 0.6 is 22.6 Å². The van der Waals surface area contributed by atoms with Crippen LogP contribution in [0.25, 0.3) is 0 Å². The molecule has 12 heavy (non-hydrogen) atoms. The van der Waals surface area contributed by atoms with Gasteiger partial charge in [-0.3, -0.25) is 0 Å². The first-order valence-electron chi connectivity index (χ1n) is 4.34. The lowest BCUT2D eigenvalue weighted by Gasteiger charge is -2.24. The summed E-state index contributed by atoms with van der Waals surface area (Å²) >= 11 is 2.39. The number of alkyl halides is 1. The third-order valence-electron chi connectivity index (χ3n) is 1.39. The summed E-state index contributed by atoms with van der Waals surface area (Å²) in [6.45, 7) is 10.4. The lowest BCUT2D eigenvalue weighted by atomic mass is 10.2. The summed E-state index contributed by atoms with van der Waals surface area (Å²) < 4.78 is 7.07. The molecule has 0 saturated carbocycles. The minimum Gasteiger partial charge on any atom is -0.414 e. The zero-order valence-electron chi connectivity index (χ0n) is 8.27. The molecule has 0 aliphatic heterocycles. The second kappa shape index (κ2) is 6.15. The van der Waals surface area contributed by atoms with Gasteiger partial charge in [-0.05, 0) is 32.5 Å². The van der Waals surface area contributed by atoms with Crippen molar-refractivity contribution in [3.8, 4) is 0 Å². The molecule has 0 rings (SSSR count). The van der Waals surface area contributed by atoms with Crippen LogP contribution in [0.3, 0.4) is 0 Å². The molecule has 0 fully saturated rings. The van der Waals surface area contributed by atoms with E-state index in [2.05, 4.69) is 48.8 Å². The maximum absolute atomic E-state index is 5.97. The largest absolute Gasteiger partial charge is 0.414 e. The van der Waals surface area contributed by atoms with E-state index in [9.17, 15) is 0 Å². The Hall–Kier alpha value is 0.647. The molecular formula is C9H19IOSi. The maximum Gasteiger partial charge on any atom is 0.184 e. The van der Waals surface area contributed by atoms with Crippen LogP contribution in [0.2, 0.25) is 19.6 Å². The summed E-state index contributed by atoms with van der Waals surface area (Å²) in [5, 5.41) is 0. The molecule has 0 aromatic carbocycles. The maximum atomic E-state index is 5.97. The molecule has 0 heterocycles. The molecule has 3 heteroatoms. The molecule has 0 aliphatic carbocycles. The van der Waals surface area contributed by atoms with Crippen molar-refractivity contribution in [1.82, 2.24) is 0 Å². The predicted molar refractivity (Wildman–Crippen MR) is 66.5 cm³/mol. The van der Waals surface area contributed by atoms with Crippen LogP contribution in [0.5, 0.6) is 0 Å². The third-order valence-corrected chi connectivity index (χ3v) is 3.41. The Morgan fingerprint density at radius 3 is 2.42 bits per heavy atom. The Balaban J connectivity index is 3.74. The molecule has 1 nitrogen and oxygen atoms in total. The monoisotopic (exact) mass is 298 g/mol. The second-order valence-electron chi connectivity index (χ2n) is 3.87. The molecule has 1 atom stereocenters. The van der Waals surface area contributed by atoms with Crippen LogP contribution in [-0.2, 0) is 4.43 Å². The van der Waals surface area contributed by atoms with Crippen LogP contribution in [0, 0.1) is 0 Å². The third kappa shape index (κ3) is 7.30. The van der Waals surface area contributed by atoms with Gasteiger partial charge in [-0.1, -0.05) is 28.7 Å². The van der Waals surface area contributed by atoms with Crippen molar-refractivity contribution in [3.05, 3.63) is 12.7 Å². The zero-order valence-corrected chi connectivity index (χ0v) is 11.4. The summed E-state index contributed by atoms with van der Waals surface area (Å²) in [7, 11) is -1.33. The molecule has 0 aromatic rings. The topological polar surface area (TPSA) is 9.23 Å². The van der Waals surface area contributed by atoms with Crippen LogP contribution in [0.15, 0.2) is 12.7 Å². The predicted octanol–water partition coefficient (Wildman–Crippen LogP) is 3.61. The highest BCUT2D eigenvalue weighted by molar-refractivity contribution is 14.1. The van der Waals surface area contributed by atoms with Gasteiger partial charge in [-0.15, -0.1) is 6.58 Å². The summed E-state index contributed by atoms with van der Waals surface area (Å²) in [6, 6.07) is 0. The van der Waals surface area contributed by atoms with Gasteiger partial charge in [0.2, 0.25) is 0 Å². The van der Waals surface area contributed by atoms with Crippen molar-refractivity contribution >= 4 is 30.9 Å². The summed E-state index contributed by atoms with van der Waals surface area (Å²) in [4.78, 5) is 0. The zero-order chi connectivity index (χ0) is 9.61. The first kappa shape index (κ1) is 12.6. The molecule has 0 radical (unpaired) electrons. The van der Waals surface area contributed by atoms with Crippen LogP contribution in [0.4, 0.5) is 0 Å². The van der Waals surface area contributed by atoms with Crippen molar-refractivity contribution in [2.45, 2.75) is 38.6 Å². The molecule has 0 N–H and O–H groups in total. The van der Waals surface area contributed by atoms with Crippen molar-refractivity contribution in [2.75, 3.05) is 4.43 Å². The van der Waals surface area contributed by atoms with E-state index in [-0.39, 0.29) is 0 Å². The van der Waals surface area contributed by atoms with E-state index in [0.29, 0.717) is 6.10 Å². The molecule has 0 amide bonds. The van der Waals surface area contributed by atoms with Gasteiger partial charge in [-0.2, -0.15) is 0 Å². The Labute approximate surface area is 90.8 Å². The highest BCUT2D eigenvalue weighted by Gasteiger charge is 2.19. The van der Waals surface area contributed by atoms with Crippen LogP contribution in [-0.4, -0.2) is 18.8 Å². The molecule has 0 spiro atoms. The summed E-state index contributed by atoms with van der Waals surface area (Å²) in [5.74, 6) is 0. The number of rotatable bonds is 6. The molecule has 1 unspecified atom stereocenters. The smallest absolute Gasteiger partial charge is 0.184 e. The number of hydrogen-bond donors (Lipinski definition) is 0. The van der Waals surface area contributed by atoms with Gasteiger partial charge in [0.05, 0.1) is 6.10 Å². The Morgan fingerprint density at radius 2 is 2.08 bits per heavy atom. The summed E-state index contributed by atoms with van der Waals surface area (Å²) in [5.41, 5.74) is 0. The Morgan fingerprint density at radius 1 is 1.50 bits per heavy atom. The molecule has 0 saturated heterocycles. The first-order chi connectivity index (χ1) is 5.49. The molecule has 0 bridgehead atoms. The highest BCUT2D eigenvalue weighted by Crippen LogP contribution is 2.13. The molecule has 72 valence electrons. The van der Waals surface area contributed by atoms with Gasteiger partial charge < -0.3 is 4.43 Å².